The van der Waals surface area contributed by atoms with Crippen molar-refractivity contribution in [2.75, 3.05) is 0 Å². The second-order valence-corrected chi connectivity index (χ2v) is 5.18. The standard InChI is InChI=1S/C13H15Cl2N3O2/c1-8(2)17-12(19)6-13(20)18-16-7-9-3-4-10(14)11(15)5-9/h3-5,7-8H,6H2,1-2H3,(H,17,19)(H,18,20)/b16-7-. The van der Waals surface area contributed by atoms with Crippen molar-refractivity contribution in [2.45, 2.75) is 26.3 Å². The summed E-state index contributed by atoms with van der Waals surface area (Å²) in [7, 11) is 0. The van der Waals surface area contributed by atoms with Crippen molar-refractivity contribution in [1.29, 1.82) is 0 Å². The van der Waals surface area contributed by atoms with Gasteiger partial charge in [-0.05, 0) is 31.5 Å². The summed E-state index contributed by atoms with van der Waals surface area (Å²) in [5.74, 6) is -0.832. The molecule has 1 rings (SSSR count). The van der Waals surface area contributed by atoms with Gasteiger partial charge in [-0.2, -0.15) is 5.10 Å². The molecule has 0 saturated heterocycles. The zero-order valence-electron chi connectivity index (χ0n) is 11.1. The van der Waals surface area contributed by atoms with Crippen LogP contribution in [0.15, 0.2) is 23.3 Å². The van der Waals surface area contributed by atoms with Gasteiger partial charge >= 0.3 is 0 Å². The molecule has 0 saturated carbocycles. The SMILES string of the molecule is CC(C)NC(=O)CC(=O)N/N=C\c1ccc(Cl)c(Cl)c1. The van der Waals surface area contributed by atoms with Crippen LogP contribution < -0.4 is 10.7 Å². The van der Waals surface area contributed by atoms with Crippen molar-refractivity contribution in [1.82, 2.24) is 10.7 Å². The monoisotopic (exact) mass is 315 g/mol. The fraction of sp³-hybridized carbons (Fsp3) is 0.308. The van der Waals surface area contributed by atoms with Crippen LogP contribution in [0.3, 0.4) is 0 Å². The summed E-state index contributed by atoms with van der Waals surface area (Å²) < 4.78 is 0. The fourth-order valence-electron chi connectivity index (χ4n) is 1.33. The second kappa shape index (κ2) is 7.87. The molecule has 0 aromatic heterocycles. The zero-order chi connectivity index (χ0) is 15.1. The van der Waals surface area contributed by atoms with Crippen molar-refractivity contribution in [2.24, 2.45) is 5.10 Å². The highest BCUT2D eigenvalue weighted by Gasteiger charge is 2.09. The Balaban J connectivity index is 2.46. The minimum Gasteiger partial charge on any atom is -0.353 e. The molecule has 108 valence electrons. The number of carbonyl (C=O) groups excluding carboxylic acids is 2. The predicted molar refractivity (Wildman–Crippen MR) is 80.1 cm³/mol. The smallest absolute Gasteiger partial charge is 0.249 e. The van der Waals surface area contributed by atoms with Gasteiger partial charge in [0, 0.05) is 6.04 Å². The predicted octanol–water partition coefficient (Wildman–Crippen LogP) is 2.36. The van der Waals surface area contributed by atoms with Crippen LogP contribution in [0.25, 0.3) is 0 Å². The molecule has 0 bridgehead atoms. The Hall–Kier alpha value is -1.59. The molecule has 0 fully saturated rings. The number of benzene rings is 1. The van der Waals surface area contributed by atoms with E-state index < -0.39 is 5.91 Å². The number of nitrogens with one attached hydrogen (secondary N) is 2. The Morgan fingerprint density at radius 2 is 1.95 bits per heavy atom. The van der Waals surface area contributed by atoms with Gasteiger partial charge in [0.25, 0.3) is 0 Å². The molecule has 0 radical (unpaired) electrons. The highest BCUT2D eigenvalue weighted by atomic mass is 35.5. The van der Waals surface area contributed by atoms with Gasteiger partial charge in [-0.15, -0.1) is 0 Å². The second-order valence-electron chi connectivity index (χ2n) is 4.37. The first kappa shape index (κ1) is 16.5. The molecule has 0 spiro atoms. The lowest BCUT2D eigenvalue weighted by atomic mass is 10.2. The third kappa shape index (κ3) is 6.04. The molecule has 1 aromatic rings. The van der Waals surface area contributed by atoms with Crippen molar-refractivity contribution in [3.8, 4) is 0 Å². The molecule has 0 aliphatic heterocycles. The number of carbonyl (C=O) groups is 2. The van der Waals surface area contributed by atoms with Gasteiger partial charge < -0.3 is 5.32 Å². The van der Waals surface area contributed by atoms with Gasteiger partial charge in [0.2, 0.25) is 11.8 Å². The van der Waals surface area contributed by atoms with E-state index in [4.69, 9.17) is 23.2 Å². The third-order valence-electron chi connectivity index (χ3n) is 2.12. The molecular weight excluding hydrogens is 301 g/mol. The Morgan fingerprint density at radius 1 is 1.25 bits per heavy atom. The van der Waals surface area contributed by atoms with Crippen LogP contribution in [0.1, 0.15) is 25.8 Å². The Bertz CT molecular complexity index is 530. The largest absolute Gasteiger partial charge is 0.353 e. The van der Waals surface area contributed by atoms with Gasteiger partial charge in [-0.25, -0.2) is 5.43 Å². The van der Waals surface area contributed by atoms with Crippen molar-refractivity contribution in [3.05, 3.63) is 33.8 Å². The van der Waals surface area contributed by atoms with Crippen LogP contribution in [0, 0.1) is 0 Å². The van der Waals surface area contributed by atoms with E-state index in [1.165, 1.54) is 6.21 Å². The maximum absolute atomic E-state index is 11.4. The third-order valence-corrected chi connectivity index (χ3v) is 2.86. The van der Waals surface area contributed by atoms with Crippen LogP contribution in [-0.4, -0.2) is 24.1 Å². The summed E-state index contributed by atoms with van der Waals surface area (Å²) in [6.45, 7) is 3.64. The minimum atomic E-state index is -0.487. The molecule has 0 heterocycles. The number of amides is 2. The molecule has 0 unspecified atom stereocenters. The fourth-order valence-corrected chi connectivity index (χ4v) is 1.64. The summed E-state index contributed by atoms with van der Waals surface area (Å²) in [6.07, 6.45) is 1.15. The quantitative estimate of drug-likeness (QED) is 0.497. The number of hydrogen-bond acceptors (Lipinski definition) is 3. The topological polar surface area (TPSA) is 70.6 Å². The lowest BCUT2D eigenvalue weighted by molar-refractivity contribution is -0.129. The maximum Gasteiger partial charge on any atom is 0.249 e. The van der Waals surface area contributed by atoms with E-state index in [0.717, 1.165) is 0 Å². The van der Waals surface area contributed by atoms with Gasteiger partial charge in [0.05, 0.1) is 16.3 Å². The summed E-state index contributed by atoms with van der Waals surface area (Å²) in [5, 5.41) is 7.19. The van der Waals surface area contributed by atoms with Gasteiger partial charge in [0.1, 0.15) is 6.42 Å². The van der Waals surface area contributed by atoms with Gasteiger partial charge in [-0.1, -0.05) is 29.3 Å². The number of halogens is 2. The average molecular weight is 316 g/mol. The molecule has 1 aromatic carbocycles. The highest BCUT2D eigenvalue weighted by molar-refractivity contribution is 6.42. The summed E-state index contributed by atoms with van der Waals surface area (Å²) in [5.41, 5.74) is 2.95. The molecule has 7 heteroatoms. The van der Waals surface area contributed by atoms with Gasteiger partial charge in [0.15, 0.2) is 0 Å². The zero-order valence-corrected chi connectivity index (χ0v) is 12.6. The first-order chi connectivity index (χ1) is 9.38. The van der Waals surface area contributed by atoms with Crippen LogP contribution in [0.5, 0.6) is 0 Å². The van der Waals surface area contributed by atoms with Crippen LogP contribution in [-0.2, 0) is 9.59 Å². The van der Waals surface area contributed by atoms with E-state index >= 15 is 0 Å². The normalized spacial score (nSPS) is 10.8. The Kier molecular flexibility index (Phi) is 6.48. The Labute approximate surface area is 127 Å². The molecule has 0 aliphatic rings. The molecule has 5 nitrogen and oxygen atoms in total. The number of hydrogen-bond donors (Lipinski definition) is 2. The molecule has 0 atom stereocenters. The average Bonchev–Trinajstić information content (AvgIpc) is 2.32. The van der Waals surface area contributed by atoms with Crippen molar-refractivity contribution < 1.29 is 9.59 Å². The first-order valence-electron chi connectivity index (χ1n) is 5.95. The molecule has 2 amide bonds. The lowest BCUT2D eigenvalue weighted by Crippen LogP contribution is -2.34. The van der Waals surface area contributed by atoms with Crippen LogP contribution in [0.4, 0.5) is 0 Å². The summed E-state index contributed by atoms with van der Waals surface area (Å²) in [6, 6.07) is 4.94. The van der Waals surface area contributed by atoms with E-state index in [9.17, 15) is 9.59 Å². The first-order valence-corrected chi connectivity index (χ1v) is 6.70. The summed E-state index contributed by atoms with van der Waals surface area (Å²) >= 11 is 11.6. The minimum absolute atomic E-state index is 0.00462. The van der Waals surface area contributed by atoms with E-state index in [-0.39, 0.29) is 18.4 Å². The lowest BCUT2D eigenvalue weighted by Gasteiger charge is -2.06. The van der Waals surface area contributed by atoms with E-state index in [2.05, 4.69) is 15.8 Å². The number of hydrazone groups is 1. The molecule has 2 N–H and O–H groups in total. The van der Waals surface area contributed by atoms with E-state index in [0.29, 0.717) is 15.6 Å². The maximum atomic E-state index is 11.4. The molecule has 0 aliphatic carbocycles. The number of nitrogens with zero attached hydrogens (tertiary/aromatic N) is 1. The van der Waals surface area contributed by atoms with Crippen LogP contribution in [0.2, 0.25) is 10.0 Å². The van der Waals surface area contributed by atoms with Gasteiger partial charge in [-0.3, -0.25) is 9.59 Å². The van der Waals surface area contributed by atoms with Crippen LogP contribution >= 0.6 is 23.2 Å². The van der Waals surface area contributed by atoms with E-state index in [1.807, 2.05) is 13.8 Å². The summed E-state index contributed by atoms with van der Waals surface area (Å²) in [4.78, 5) is 22.7. The van der Waals surface area contributed by atoms with Crippen molar-refractivity contribution >= 4 is 41.2 Å². The highest BCUT2D eigenvalue weighted by Crippen LogP contribution is 2.21. The number of rotatable bonds is 5. The van der Waals surface area contributed by atoms with E-state index in [1.54, 1.807) is 18.2 Å². The Morgan fingerprint density at radius 3 is 2.55 bits per heavy atom. The molecule has 20 heavy (non-hydrogen) atoms. The molecular formula is C13H15Cl2N3O2. The van der Waals surface area contributed by atoms with Crippen molar-refractivity contribution in [3.63, 3.8) is 0 Å².